The summed E-state index contributed by atoms with van der Waals surface area (Å²) >= 11 is 0. The van der Waals surface area contributed by atoms with Crippen LogP contribution in [0.25, 0.3) is 11.1 Å². The minimum absolute atomic E-state index is 0. The van der Waals surface area contributed by atoms with Gasteiger partial charge in [-0.25, -0.2) is 0 Å². The van der Waals surface area contributed by atoms with Crippen molar-refractivity contribution in [3.8, 4) is 11.1 Å². The number of aryl methyl sites for hydroxylation is 2. The molecule has 5 heteroatoms. The molecule has 0 bridgehead atoms. The molecule has 3 nitrogen and oxygen atoms in total. The molecule has 1 aliphatic carbocycles. The van der Waals surface area contributed by atoms with Crippen LogP contribution in [-0.4, -0.2) is 35.2 Å². The van der Waals surface area contributed by atoms with Crippen LogP contribution in [0.1, 0.15) is 28.9 Å². The van der Waals surface area contributed by atoms with Crippen LogP contribution in [0.4, 0.5) is 0 Å². The van der Waals surface area contributed by atoms with Gasteiger partial charge in [-0.05, 0) is 63.9 Å². The quantitative estimate of drug-likeness (QED) is 0.896. The number of benzene rings is 1. The summed E-state index contributed by atoms with van der Waals surface area (Å²) in [6, 6.07) is 7.40. The standard InChI is InChI=1S/C17H23N3.2ClH/c1-11-17(12(2)19-18-11)16-7-5-6-13-10-14(20(3)4)8-9-15(13)16;;/h5-7,14H,8-10H2,1-4H3,(H,18,19);2*1H/t14-;;/m0../s1. The highest BCUT2D eigenvalue weighted by molar-refractivity contribution is 5.85. The minimum Gasteiger partial charge on any atom is -0.306 e. The normalized spacial score (nSPS) is 16.7. The van der Waals surface area contributed by atoms with E-state index >= 15 is 0 Å². The van der Waals surface area contributed by atoms with Gasteiger partial charge >= 0.3 is 0 Å². The molecule has 122 valence electrons. The number of fused-ring (bicyclic) bond motifs is 1. The molecule has 0 fully saturated rings. The van der Waals surface area contributed by atoms with Crippen LogP contribution in [0.15, 0.2) is 18.2 Å². The van der Waals surface area contributed by atoms with Crippen molar-refractivity contribution in [2.75, 3.05) is 14.1 Å². The lowest BCUT2D eigenvalue weighted by Crippen LogP contribution is -2.33. The third-order valence-corrected chi connectivity index (χ3v) is 4.58. The van der Waals surface area contributed by atoms with Crippen molar-refractivity contribution >= 4 is 24.8 Å². The molecule has 0 saturated carbocycles. The number of rotatable bonds is 2. The van der Waals surface area contributed by atoms with Crippen LogP contribution in [0.5, 0.6) is 0 Å². The number of aromatic amines is 1. The molecule has 1 aromatic carbocycles. The van der Waals surface area contributed by atoms with Crippen molar-refractivity contribution in [2.24, 2.45) is 0 Å². The second kappa shape index (κ2) is 7.49. The maximum atomic E-state index is 4.35. The van der Waals surface area contributed by atoms with E-state index in [1.807, 2.05) is 0 Å². The van der Waals surface area contributed by atoms with Crippen molar-refractivity contribution in [1.82, 2.24) is 15.1 Å². The molecule has 3 rings (SSSR count). The van der Waals surface area contributed by atoms with Gasteiger partial charge in [-0.2, -0.15) is 5.10 Å². The zero-order chi connectivity index (χ0) is 14.3. The number of hydrogen-bond donors (Lipinski definition) is 1. The van der Waals surface area contributed by atoms with Crippen molar-refractivity contribution in [2.45, 2.75) is 39.2 Å². The minimum atomic E-state index is 0. The zero-order valence-electron chi connectivity index (χ0n) is 13.6. The molecule has 0 saturated heterocycles. The Morgan fingerprint density at radius 2 is 1.91 bits per heavy atom. The molecular weight excluding hydrogens is 317 g/mol. The molecule has 22 heavy (non-hydrogen) atoms. The number of likely N-dealkylation sites (N-methyl/N-ethyl adjacent to an activating group) is 1. The van der Waals surface area contributed by atoms with Crippen LogP contribution < -0.4 is 0 Å². The van der Waals surface area contributed by atoms with E-state index in [-0.39, 0.29) is 24.8 Å². The summed E-state index contributed by atoms with van der Waals surface area (Å²) < 4.78 is 0. The monoisotopic (exact) mass is 341 g/mol. The summed E-state index contributed by atoms with van der Waals surface area (Å²) in [5.74, 6) is 0. The van der Waals surface area contributed by atoms with Crippen LogP contribution >= 0.6 is 24.8 Å². The molecule has 1 aliphatic rings. The molecule has 1 atom stereocenters. The van der Waals surface area contributed by atoms with Gasteiger partial charge in [0.05, 0.1) is 5.69 Å². The number of nitrogens with zero attached hydrogens (tertiary/aromatic N) is 2. The maximum Gasteiger partial charge on any atom is 0.0672 e. The van der Waals surface area contributed by atoms with Gasteiger partial charge in [-0.1, -0.05) is 18.2 Å². The second-order valence-electron chi connectivity index (χ2n) is 6.11. The largest absolute Gasteiger partial charge is 0.306 e. The lowest BCUT2D eigenvalue weighted by Gasteiger charge is -2.31. The Morgan fingerprint density at radius 3 is 2.50 bits per heavy atom. The first-order valence-electron chi connectivity index (χ1n) is 7.37. The molecule has 0 unspecified atom stereocenters. The highest BCUT2D eigenvalue weighted by Crippen LogP contribution is 2.34. The highest BCUT2D eigenvalue weighted by Gasteiger charge is 2.23. The van der Waals surface area contributed by atoms with Crippen molar-refractivity contribution < 1.29 is 0 Å². The third kappa shape index (κ3) is 3.32. The molecule has 1 heterocycles. The first kappa shape index (κ1) is 19.0. The van der Waals surface area contributed by atoms with E-state index in [0.717, 1.165) is 12.1 Å². The average molecular weight is 342 g/mol. The molecule has 1 N–H and O–H groups in total. The SMILES string of the molecule is Cc1n[nH]c(C)c1-c1cccc2c1CC[C@H](N(C)C)C2.Cl.Cl. The van der Waals surface area contributed by atoms with Gasteiger partial charge < -0.3 is 4.90 Å². The van der Waals surface area contributed by atoms with Gasteiger partial charge in [-0.3, -0.25) is 5.10 Å². The fourth-order valence-electron chi connectivity index (χ4n) is 3.41. The first-order valence-corrected chi connectivity index (χ1v) is 7.37. The second-order valence-corrected chi connectivity index (χ2v) is 6.11. The number of aromatic nitrogens is 2. The van der Waals surface area contributed by atoms with Gasteiger partial charge in [0.25, 0.3) is 0 Å². The Hall–Kier alpha value is -1.03. The Kier molecular flexibility index (Phi) is 6.48. The van der Waals surface area contributed by atoms with E-state index < -0.39 is 0 Å². The van der Waals surface area contributed by atoms with E-state index in [1.54, 1.807) is 0 Å². The van der Waals surface area contributed by atoms with Crippen LogP contribution in [0, 0.1) is 13.8 Å². The Morgan fingerprint density at radius 1 is 1.18 bits per heavy atom. The molecule has 1 aromatic heterocycles. The van der Waals surface area contributed by atoms with Crippen LogP contribution in [0.3, 0.4) is 0 Å². The van der Waals surface area contributed by atoms with E-state index in [0.29, 0.717) is 6.04 Å². The number of halogens is 2. The fourth-order valence-corrected chi connectivity index (χ4v) is 3.41. The van der Waals surface area contributed by atoms with E-state index in [1.165, 1.54) is 40.8 Å². The van der Waals surface area contributed by atoms with Gasteiger partial charge in [0, 0.05) is 17.3 Å². The number of nitrogens with one attached hydrogen (secondary N) is 1. The van der Waals surface area contributed by atoms with E-state index in [4.69, 9.17) is 0 Å². The lowest BCUT2D eigenvalue weighted by molar-refractivity contribution is 0.268. The number of hydrogen-bond acceptors (Lipinski definition) is 2. The Bertz CT molecular complexity index is 615. The summed E-state index contributed by atoms with van der Waals surface area (Å²) in [7, 11) is 4.37. The van der Waals surface area contributed by atoms with Crippen LogP contribution in [0.2, 0.25) is 0 Å². The van der Waals surface area contributed by atoms with E-state index in [9.17, 15) is 0 Å². The summed E-state index contributed by atoms with van der Waals surface area (Å²) in [4.78, 5) is 2.35. The molecule has 0 radical (unpaired) electrons. The molecule has 0 amide bonds. The molecule has 0 spiro atoms. The van der Waals surface area contributed by atoms with Crippen LogP contribution in [-0.2, 0) is 12.8 Å². The predicted octanol–water partition coefficient (Wildman–Crippen LogP) is 3.96. The van der Waals surface area contributed by atoms with Gasteiger partial charge in [0.2, 0.25) is 0 Å². The lowest BCUT2D eigenvalue weighted by atomic mass is 9.83. The summed E-state index contributed by atoms with van der Waals surface area (Å²) in [6.07, 6.45) is 3.57. The zero-order valence-corrected chi connectivity index (χ0v) is 15.3. The average Bonchev–Trinajstić information content (AvgIpc) is 2.77. The smallest absolute Gasteiger partial charge is 0.0672 e. The highest BCUT2D eigenvalue weighted by atomic mass is 35.5. The summed E-state index contributed by atoms with van der Waals surface area (Å²) in [6.45, 7) is 4.20. The fraction of sp³-hybridized carbons (Fsp3) is 0.471. The summed E-state index contributed by atoms with van der Waals surface area (Å²) in [5, 5.41) is 7.46. The molecular formula is C17H25Cl2N3. The molecule has 0 aliphatic heterocycles. The molecule has 2 aromatic rings. The maximum absolute atomic E-state index is 4.35. The first-order chi connectivity index (χ1) is 9.58. The Labute approximate surface area is 145 Å². The van der Waals surface area contributed by atoms with Crippen molar-refractivity contribution in [3.05, 3.63) is 40.7 Å². The van der Waals surface area contributed by atoms with Crippen molar-refractivity contribution in [1.29, 1.82) is 0 Å². The Balaban J connectivity index is 0.00000121. The number of H-pyrrole nitrogens is 1. The topological polar surface area (TPSA) is 31.9 Å². The van der Waals surface area contributed by atoms with Gasteiger partial charge in [0.1, 0.15) is 0 Å². The van der Waals surface area contributed by atoms with Gasteiger partial charge in [0.15, 0.2) is 0 Å². The predicted molar refractivity (Wildman–Crippen MR) is 97.5 cm³/mol. The van der Waals surface area contributed by atoms with E-state index in [2.05, 4.69) is 61.2 Å². The third-order valence-electron chi connectivity index (χ3n) is 4.58. The van der Waals surface area contributed by atoms with Gasteiger partial charge in [-0.15, -0.1) is 24.8 Å². The summed E-state index contributed by atoms with van der Waals surface area (Å²) in [5.41, 5.74) is 7.98. The van der Waals surface area contributed by atoms with Crippen molar-refractivity contribution in [3.63, 3.8) is 0 Å².